The molecule has 6 heteroatoms. The maximum absolute atomic E-state index is 11.7. The predicted molar refractivity (Wildman–Crippen MR) is 108 cm³/mol. The summed E-state index contributed by atoms with van der Waals surface area (Å²) in [5.41, 5.74) is 1.04. The lowest BCUT2D eigenvalue weighted by Gasteiger charge is -2.29. The first-order valence-corrected chi connectivity index (χ1v) is 8.31. The van der Waals surface area contributed by atoms with E-state index in [9.17, 15) is 4.79 Å². The third-order valence-corrected chi connectivity index (χ3v) is 4.19. The van der Waals surface area contributed by atoms with Crippen LogP contribution in [0.3, 0.4) is 0 Å². The second-order valence-corrected chi connectivity index (χ2v) is 6.53. The van der Waals surface area contributed by atoms with Crippen LogP contribution in [0.2, 0.25) is 0 Å². The number of nitrogens with one attached hydrogen (secondary N) is 2. The molecule has 0 heterocycles. The van der Waals surface area contributed by atoms with Gasteiger partial charge in [-0.15, -0.1) is 24.0 Å². The van der Waals surface area contributed by atoms with Gasteiger partial charge in [0.1, 0.15) is 6.54 Å². The first-order chi connectivity index (χ1) is 10.4. The maximum atomic E-state index is 11.7. The largest absolute Gasteiger partial charge is 0.354 e. The lowest BCUT2D eigenvalue weighted by Crippen LogP contribution is -2.45. The molecule has 0 aromatic heterocycles. The minimum atomic E-state index is 0. The number of nitrogens with zero attached hydrogens (tertiary/aromatic N) is 2. The van der Waals surface area contributed by atoms with Crippen molar-refractivity contribution in [1.29, 1.82) is 0 Å². The summed E-state index contributed by atoms with van der Waals surface area (Å²) in [6, 6.07) is 0.452. The monoisotopic (exact) mass is 436 g/mol. The fraction of sp³-hybridized carbons (Fsp3) is 0.765. The molecule has 5 nitrogen and oxygen atoms in total. The Morgan fingerprint density at radius 1 is 1.26 bits per heavy atom. The SMILES string of the molecule is C=C(C)CNC(=NCC(=O)N(C)C)NC1CCC(CC)CC1.I. The van der Waals surface area contributed by atoms with E-state index in [0.717, 1.165) is 17.5 Å². The van der Waals surface area contributed by atoms with Crippen LogP contribution >= 0.6 is 24.0 Å². The molecule has 1 aliphatic rings. The van der Waals surface area contributed by atoms with Crippen LogP contribution < -0.4 is 10.6 Å². The molecule has 1 fully saturated rings. The zero-order valence-corrected chi connectivity index (χ0v) is 17.4. The summed E-state index contributed by atoms with van der Waals surface area (Å²) >= 11 is 0. The van der Waals surface area contributed by atoms with Gasteiger partial charge in [0.2, 0.25) is 5.91 Å². The topological polar surface area (TPSA) is 56.7 Å². The van der Waals surface area contributed by atoms with Crippen LogP contribution in [0.25, 0.3) is 0 Å². The number of halogens is 1. The fourth-order valence-electron chi connectivity index (χ4n) is 2.58. The molecule has 1 rings (SSSR count). The number of likely N-dealkylation sites (N-methyl/N-ethyl adjacent to an activating group) is 1. The van der Waals surface area contributed by atoms with Crippen molar-refractivity contribution in [1.82, 2.24) is 15.5 Å². The molecule has 0 unspecified atom stereocenters. The van der Waals surface area contributed by atoms with Crippen LogP contribution in [-0.2, 0) is 4.79 Å². The number of aliphatic imine (C=N–C) groups is 1. The number of hydrogen-bond donors (Lipinski definition) is 2. The van der Waals surface area contributed by atoms with Crippen LogP contribution in [-0.4, -0.2) is 50.0 Å². The van der Waals surface area contributed by atoms with E-state index in [1.54, 1.807) is 19.0 Å². The smallest absolute Gasteiger partial charge is 0.243 e. The lowest BCUT2D eigenvalue weighted by molar-refractivity contribution is -0.127. The highest BCUT2D eigenvalue weighted by Crippen LogP contribution is 2.26. The van der Waals surface area contributed by atoms with Gasteiger partial charge in [0.05, 0.1) is 0 Å². The summed E-state index contributed by atoms with van der Waals surface area (Å²) in [5.74, 6) is 1.60. The second-order valence-electron chi connectivity index (χ2n) is 6.53. The fourth-order valence-corrected chi connectivity index (χ4v) is 2.58. The Hall–Kier alpha value is -0.790. The van der Waals surface area contributed by atoms with Crippen LogP contribution in [0, 0.1) is 5.92 Å². The number of hydrogen-bond acceptors (Lipinski definition) is 2. The van der Waals surface area contributed by atoms with Crippen molar-refractivity contribution in [3.05, 3.63) is 12.2 Å². The van der Waals surface area contributed by atoms with Gasteiger partial charge in [0.15, 0.2) is 5.96 Å². The van der Waals surface area contributed by atoms with Gasteiger partial charge in [-0.25, -0.2) is 4.99 Å². The standard InChI is InChI=1S/C17H32N4O.HI/c1-6-14-7-9-15(10-8-14)20-17(18-11-13(2)3)19-12-16(22)21(4)5;/h14-15H,2,6-12H2,1,3-5H3,(H2,18,19,20);1H. The van der Waals surface area contributed by atoms with E-state index >= 15 is 0 Å². The highest BCUT2D eigenvalue weighted by molar-refractivity contribution is 14.0. The van der Waals surface area contributed by atoms with Crippen molar-refractivity contribution >= 4 is 35.8 Å². The van der Waals surface area contributed by atoms with Gasteiger partial charge >= 0.3 is 0 Å². The van der Waals surface area contributed by atoms with E-state index in [4.69, 9.17) is 0 Å². The quantitative estimate of drug-likeness (QED) is 0.292. The highest BCUT2D eigenvalue weighted by Gasteiger charge is 2.20. The molecule has 134 valence electrons. The van der Waals surface area contributed by atoms with E-state index in [0.29, 0.717) is 12.6 Å². The van der Waals surface area contributed by atoms with Gasteiger partial charge < -0.3 is 15.5 Å². The normalized spacial score (nSPS) is 21.1. The van der Waals surface area contributed by atoms with Crippen molar-refractivity contribution in [2.75, 3.05) is 27.2 Å². The molecule has 0 spiro atoms. The Morgan fingerprint density at radius 3 is 2.35 bits per heavy atom. The Balaban J connectivity index is 0.00000484. The molecule has 0 radical (unpaired) electrons. The van der Waals surface area contributed by atoms with Crippen LogP contribution in [0.1, 0.15) is 46.0 Å². The summed E-state index contributed by atoms with van der Waals surface area (Å²) < 4.78 is 0. The summed E-state index contributed by atoms with van der Waals surface area (Å²) in [4.78, 5) is 17.7. The molecular weight excluding hydrogens is 403 g/mol. The van der Waals surface area contributed by atoms with E-state index in [2.05, 4.69) is 29.1 Å². The van der Waals surface area contributed by atoms with Crippen molar-refractivity contribution in [3.8, 4) is 0 Å². The number of carbonyl (C=O) groups is 1. The third-order valence-electron chi connectivity index (χ3n) is 4.19. The van der Waals surface area contributed by atoms with Gasteiger partial charge in [-0.2, -0.15) is 0 Å². The maximum Gasteiger partial charge on any atom is 0.243 e. The Labute approximate surface area is 158 Å². The van der Waals surface area contributed by atoms with Crippen LogP contribution in [0.5, 0.6) is 0 Å². The average molecular weight is 436 g/mol. The third kappa shape index (κ3) is 9.17. The summed E-state index contributed by atoms with van der Waals surface area (Å²) in [6.07, 6.45) is 6.18. The Kier molecular flexibility index (Phi) is 11.3. The molecule has 2 N–H and O–H groups in total. The van der Waals surface area contributed by atoms with Crippen molar-refractivity contribution in [2.45, 2.75) is 52.0 Å². The number of amides is 1. The van der Waals surface area contributed by atoms with Gasteiger partial charge in [-0.05, 0) is 38.5 Å². The number of guanidine groups is 1. The molecule has 0 atom stereocenters. The molecule has 0 aliphatic heterocycles. The summed E-state index contributed by atoms with van der Waals surface area (Å²) in [6.45, 7) is 8.98. The minimum absolute atomic E-state index is 0. The molecule has 1 amide bonds. The van der Waals surface area contributed by atoms with Crippen molar-refractivity contribution < 1.29 is 4.79 Å². The second kappa shape index (κ2) is 11.7. The molecule has 23 heavy (non-hydrogen) atoms. The highest BCUT2D eigenvalue weighted by atomic mass is 127. The first kappa shape index (κ1) is 22.2. The summed E-state index contributed by atoms with van der Waals surface area (Å²) in [5, 5.41) is 6.73. The van der Waals surface area contributed by atoms with Crippen LogP contribution in [0.15, 0.2) is 17.1 Å². The van der Waals surface area contributed by atoms with Gasteiger partial charge in [-0.1, -0.05) is 25.5 Å². The van der Waals surface area contributed by atoms with Crippen LogP contribution in [0.4, 0.5) is 0 Å². The van der Waals surface area contributed by atoms with Gasteiger partial charge in [0, 0.05) is 26.7 Å². The molecule has 1 aliphatic carbocycles. The molecule has 0 bridgehead atoms. The van der Waals surface area contributed by atoms with E-state index in [1.807, 2.05) is 6.92 Å². The number of rotatable bonds is 6. The Morgan fingerprint density at radius 2 is 1.87 bits per heavy atom. The molecule has 0 saturated heterocycles. The number of carbonyl (C=O) groups excluding carboxylic acids is 1. The zero-order chi connectivity index (χ0) is 16.5. The van der Waals surface area contributed by atoms with Crippen molar-refractivity contribution in [2.24, 2.45) is 10.9 Å². The average Bonchev–Trinajstić information content (AvgIpc) is 2.50. The lowest BCUT2D eigenvalue weighted by atomic mass is 9.84. The molecular formula is C17H33IN4O. The van der Waals surface area contributed by atoms with E-state index < -0.39 is 0 Å². The first-order valence-electron chi connectivity index (χ1n) is 8.31. The minimum Gasteiger partial charge on any atom is -0.354 e. The Bertz CT molecular complexity index is 401. The van der Waals surface area contributed by atoms with Crippen molar-refractivity contribution in [3.63, 3.8) is 0 Å². The molecule has 1 saturated carbocycles. The van der Waals surface area contributed by atoms with E-state index in [-0.39, 0.29) is 36.4 Å². The van der Waals surface area contributed by atoms with E-state index in [1.165, 1.54) is 32.1 Å². The van der Waals surface area contributed by atoms with Gasteiger partial charge in [-0.3, -0.25) is 4.79 Å². The van der Waals surface area contributed by atoms with Gasteiger partial charge in [0.25, 0.3) is 0 Å². The predicted octanol–water partition coefficient (Wildman–Crippen LogP) is 2.77. The summed E-state index contributed by atoms with van der Waals surface area (Å²) in [7, 11) is 3.50. The molecule has 0 aromatic carbocycles. The zero-order valence-electron chi connectivity index (χ0n) is 15.0. The molecule has 0 aromatic rings.